The molecule has 1 aliphatic rings. The molecule has 1 atom stereocenters. The van der Waals surface area contributed by atoms with Crippen LogP contribution in [0.5, 0.6) is 5.75 Å². The van der Waals surface area contributed by atoms with Crippen LogP contribution in [0.25, 0.3) is 0 Å². The highest BCUT2D eigenvalue weighted by Crippen LogP contribution is 2.30. The lowest BCUT2D eigenvalue weighted by atomic mass is 9.96. The summed E-state index contributed by atoms with van der Waals surface area (Å²) in [5, 5.41) is 0. The predicted octanol–water partition coefficient (Wildman–Crippen LogP) is 3.64. The lowest BCUT2D eigenvalue weighted by molar-refractivity contribution is -0.121. The summed E-state index contributed by atoms with van der Waals surface area (Å²) < 4.78 is 5.63. The number of amides is 1. The van der Waals surface area contributed by atoms with Gasteiger partial charge in [-0.25, -0.2) is 0 Å². The maximum absolute atomic E-state index is 12.7. The van der Waals surface area contributed by atoms with E-state index >= 15 is 0 Å². The third-order valence-electron chi connectivity index (χ3n) is 4.39. The number of anilines is 1. The molecule has 3 rings (SSSR count). The average molecular weight is 323 g/mol. The minimum absolute atomic E-state index is 0.0228. The molecule has 0 spiro atoms. The summed E-state index contributed by atoms with van der Waals surface area (Å²) in [5.74, 6) is 0.447. The van der Waals surface area contributed by atoms with Gasteiger partial charge in [-0.15, -0.1) is 0 Å². The molecule has 0 saturated heterocycles. The molecule has 24 heavy (non-hydrogen) atoms. The van der Waals surface area contributed by atoms with Crippen LogP contribution < -0.4 is 9.64 Å². The summed E-state index contributed by atoms with van der Waals surface area (Å²) in [6, 6.07) is 15.1. The van der Waals surface area contributed by atoms with Gasteiger partial charge in [-0.1, -0.05) is 30.3 Å². The number of aryl methyl sites for hydroxylation is 1. The molecule has 1 aliphatic heterocycles. The van der Waals surface area contributed by atoms with Crippen molar-refractivity contribution >= 4 is 17.4 Å². The van der Waals surface area contributed by atoms with Crippen LogP contribution in [-0.2, 0) is 11.2 Å². The van der Waals surface area contributed by atoms with Gasteiger partial charge < -0.3 is 9.64 Å². The largest absolute Gasteiger partial charge is 0.484 e. The number of para-hydroxylation sites is 1. The second-order valence-corrected chi connectivity index (χ2v) is 6.15. The Morgan fingerprint density at radius 2 is 1.96 bits per heavy atom. The quantitative estimate of drug-likeness (QED) is 0.807. The molecule has 0 bridgehead atoms. The Labute approximate surface area is 142 Å². The van der Waals surface area contributed by atoms with Crippen molar-refractivity contribution in [3.05, 3.63) is 59.7 Å². The number of rotatable bonds is 4. The molecule has 124 valence electrons. The van der Waals surface area contributed by atoms with Crippen molar-refractivity contribution < 1.29 is 14.3 Å². The van der Waals surface area contributed by atoms with E-state index in [0.717, 1.165) is 18.5 Å². The molecule has 0 N–H and O–H groups in total. The first-order valence-electron chi connectivity index (χ1n) is 8.20. The van der Waals surface area contributed by atoms with E-state index in [0.29, 0.717) is 11.3 Å². The number of hydrogen-bond donors (Lipinski definition) is 0. The van der Waals surface area contributed by atoms with E-state index < -0.39 is 0 Å². The smallest absolute Gasteiger partial charge is 0.265 e. The van der Waals surface area contributed by atoms with Gasteiger partial charge in [-0.3, -0.25) is 9.59 Å². The first-order valence-corrected chi connectivity index (χ1v) is 8.20. The van der Waals surface area contributed by atoms with Crippen LogP contribution in [0.3, 0.4) is 0 Å². The second kappa shape index (κ2) is 6.87. The van der Waals surface area contributed by atoms with Crippen molar-refractivity contribution in [2.75, 3.05) is 11.5 Å². The Morgan fingerprint density at radius 1 is 1.17 bits per heavy atom. The molecule has 0 fully saturated rings. The third kappa shape index (κ3) is 3.32. The topological polar surface area (TPSA) is 46.6 Å². The van der Waals surface area contributed by atoms with E-state index in [9.17, 15) is 9.59 Å². The first-order chi connectivity index (χ1) is 11.6. The minimum Gasteiger partial charge on any atom is -0.484 e. The fraction of sp³-hybridized carbons (Fsp3) is 0.300. The number of Topliss-reactive ketones (excluding diaryl/α,β-unsaturated/α-hetero) is 1. The predicted molar refractivity (Wildman–Crippen MR) is 93.7 cm³/mol. The standard InChI is InChI=1S/C20H21NO3/c1-14-10-11-16-6-3-4-9-19(16)21(14)20(23)13-24-18-8-5-7-17(12-18)15(2)22/h3-9,12,14H,10-11,13H2,1-2H3. The monoisotopic (exact) mass is 323 g/mol. The van der Waals surface area contributed by atoms with Crippen molar-refractivity contribution in [1.82, 2.24) is 0 Å². The Bertz CT molecular complexity index is 769. The Hall–Kier alpha value is -2.62. The van der Waals surface area contributed by atoms with E-state index in [4.69, 9.17) is 4.74 Å². The molecule has 4 heteroatoms. The summed E-state index contributed by atoms with van der Waals surface area (Å²) in [6.07, 6.45) is 1.94. The number of fused-ring (bicyclic) bond motifs is 1. The zero-order valence-electron chi connectivity index (χ0n) is 14.0. The highest BCUT2D eigenvalue weighted by atomic mass is 16.5. The molecular formula is C20H21NO3. The molecule has 4 nitrogen and oxygen atoms in total. The highest BCUT2D eigenvalue weighted by molar-refractivity contribution is 5.96. The Balaban J connectivity index is 1.73. The fourth-order valence-corrected chi connectivity index (χ4v) is 3.09. The van der Waals surface area contributed by atoms with Gasteiger partial charge >= 0.3 is 0 Å². The van der Waals surface area contributed by atoms with Crippen molar-refractivity contribution in [3.63, 3.8) is 0 Å². The van der Waals surface area contributed by atoms with Crippen molar-refractivity contribution in [2.45, 2.75) is 32.7 Å². The summed E-state index contributed by atoms with van der Waals surface area (Å²) in [6.45, 7) is 3.53. The number of carbonyl (C=O) groups is 2. The molecule has 0 saturated carbocycles. The van der Waals surface area contributed by atoms with E-state index in [2.05, 4.69) is 13.0 Å². The summed E-state index contributed by atoms with van der Waals surface area (Å²) >= 11 is 0. The third-order valence-corrected chi connectivity index (χ3v) is 4.39. The highest BCUT2D eigenvalue weighted by Gasteiger charge is 2.28. The van der Waals surface area contributed by atoms with Crippen LogP contribution in [0.4, 0.5) is 5.69 Å². The number of ether oxygens (including phenoxy) is 1. The number of benzene rings is 2. The van der Waals surface area contributed by atoms with Gasteiger partial charge in [0, 0.05) is 17.3 Å². The van der Waals surface area contributed by atoms with Crippen LogP contribution in [-0.4, -0.2) is 24.3 Å². The normalized spacial score (nSPS) is 16.4. The molecule has 0 radical (unpaired) electrons. The SMILES string of the molecule is CC(=O)c1cccc(OCC(=O)N2c3ccccc3CCC2C)c1. The minimum atomic E-state index is -0.0668. The Morgan fingerprint density at radius 3 is 2.75 bits per heavy atom. The molecule has 2 aromatic rings. The molecule has 1 unspecified atom stereocenters. The first kappa shape index (κ1) is 16.2. The van der Waals surface area contributed by atoms with Gasteiger partial charge in [0.05, 0.1) is 0 Å². The van der Waals surface area contributed by atoms with Crippen molar-refractivity contribution in [1.29, 1.82) is 0 Å². The molecule has 0 aliphatic carbocycles. The zero-order chi connectivity index (χ0) is 17.1. The van der Waals surface area contributed by atoms with E-state index in [1.54, 1.807) is 24.3 Å². The van der Waals surface area contributed by atoms with E-state index in [1.807, 2.05) is 23.1 Å². The van der Waals surface area contributed by atoms with E-state index in [-0.39, 0.29) is 24.3 Å². The maximum Gasteiger partial charge on any atom is 0.265 e. The molecule has 1 amide bonds. The van der Waals surface area contributed by atoms with Gasteiger partial charge in [0.25, 0.3) is 5.91 Å². The van der Waals surface area contributed by atoms with Gasteiger partial charge in [0.15, 0.2) is 12.4 Å². The van der Waals surface area contributed by atoms with Gasteiger partial charge in [-0.05, 0) is 50.5 Å². The number of carbonyl (C=O) groups excluding carboxylic acids is 2. The van der Waals surface area contributed by atoms with Gasteiger partial charge in [-0.2, -0.15) is 0 Å². The molecular weight excluding hydrogens is 302 g/mol. The number of nitrogens with zero attached hydrogens (tertiary/aromatic N) is 1. The maximum atomic E-state index is 12.7. The van der Waals surface area contributed by atoms with Crippen LogP contribution in [0.2, 0.25) is 0 Å². The molecule has 2 aromatic carbocycles. The van der Waals surface area contributed by atoms with Crippen LogP contribution >= 0.6 is 0 Å². The lowest BCUT2D eigenvalue weighted by Gasteiger charge is -2.35. The van der Waals surface area contributed by atoms with Gasteiger partial charge in [0.1, 0.15) is 5.75 Å². The molecule has 1 heterocycles. The zero-order valence-corrected chi connectivity index (χ0v) is 14.0. The number of hydrogen-bond acceptors (Lipinski definition) is 3. The van der Waals surface area contributed by atoms with Crippen LogP contribution in [0.1, 0.15) is 36.2 Å². The lowest BCUT2D eigenvalue weighted by Crippen LogP contribution is -2.44. The van der Waals surface area contributed by atoms with Crippen LogP contribution in [0, 0.1) is 0 Å². The van der Waals surface area contributed by atoms with Crippen molar-refractivity contribution in [3.8, 4) is 5.75 Å². The summed E-state index contributed by atoms with van der Waals surface area (Å²) in [5.41, 5.74) is 2.75. The summed E-state index contributed by atoms with van der Waals surface area (Å²) in [7, 11) is 0. The Kier molecular flexibility index (Phi) is 4.65. The van der Waals surface area contributed by atoms with Gasteiger partial charge in [0.2, 0.25) is 0 Å². The summed E-state index contributed by atoms with van der Waals surface area (Å²) in [4.78, 5) is 26.0. The number of ketones is 1. The van der Waals surface area contributed by atoms with E-state index in [1.165, 1.54) is 12.5 Å². The van der Waals surface area contributed by atoms with Crippen molar-refractivity contribution in [2.24, 2.45) is 0 Å². The molecule has 0 aromatic heterocycles. The second-order valence-electron chi connectivity index (χ2n) is 6.15. The fourth-order valence-electron chi connectivity index (χ4n) is 3.09. The average Bonchev–Trinajstić information content (AvgIpc) is 2.60. The van der Waals surface area contributed by atoms with Crippen LogP contribution in [0.15, 0.2) is 48.5 Å².